The van der Waals surface area contributed by atoms with Crippen LogP contribution in [0.2, 0.25) is 0 Å². The fourth-order valence-corrected chi connectivity index (χ4v) is 2.70. The van der Waals surface area contributed by atoms with Gasteiger partial charge in [0.2, 0.25) is 10.0 Å². The first-order valence-electron chi connectivity index (χ1n) is 5.91. The van der Waals surface area contributed by atoms with E-state index >= 15 is 0 Å². The molecule has 0 aliphatic heterocycles. The zero-order chi connectivity index (χ0) is 15.6. The average molecular weight is 311 g/mol. The summed E-state index contributed by atoms with van der Waals surface area (Å²) in [7, 11) is -3.91. The van der Waals surface area contributed by atoms with Crippen molar-refractivity contribution >= 4 is 16.0 Å². The second-order valence-electron chi connectivity index (χ2n) is 4.32. The van der Waals surface area contributed by atoms with Crippen LogP contribution in [0.25, 0.3) is 0 Å². The normalized spacial score (nSPS) is 11.5. The molecule has 7 nitrogen and oxygen atoms in total. The third-order valence-corrected chi connectivity index (χ3v) is 4.14. The second-order valence-corrected chi connectivity index (χ2v) is 6.09. The number of phenols is 1. The molecular weight excluding hydrogens is 298 g/mol. The molecule has 0 bridgehead atoms. The zero-order valence-corrected chi connectivity index (χ0v) is 11.8. The van der Waals surface area contributed by atoms with Crippen LogP contribution < -0.4 is 4.72 Å². The summed E-state index contributed by atoms with van der Waals surface area (Å²) < 4.78 is 31.7. The van der Waals surface area contributed by atoms with Gasteiger partial charge < -0.3 is 14.6 Å². The van der Waals surface area contributed by atoms with Crippen LogP contribution in [-0.2, 0) is 16.6 Å². The smallest absolute Gasteiger partial charge is 0.339 e. The Hall–Kier alpha value is -2.32. The van der Waals surface area contributed by atoms with E-state index in [1.807, 2.05) is 0 Å². The third-order valence-electron chi connectivity index (χ3n) is 2.74. The van der Waals surface area contributed by atoms with Crippen molar-refractivity contribution in [3.8, 4) is 5.75 Å². The van der Waals surface area contributed by atoms with Crippen LogP contribution in [0.5, 0.6) is 5.75 Å². The number of hydrogen-bond donors (Lipinski definition) is 3. The summed E-state index contributed by atoms with van der Waals surface area (Å²) in [6.07, 6.45) is 0. The average Bonchev–Trinajstić information content (AvgIpc) is 2.82. The van der Waals surface area contributed by atoms with Crippen molar-refractivity contribution in [3.63, 3.8) is 0 Å². The highest BCUT2D eigenvalue weighted by Crippen LogP contribution is 2.21. The highest BCUT2D eigenvalue weighted by molar-refractivity contribution is 7.89. The number of sulfonamides is 1. The molecular formula is C13H13NO6S. The summed E-state index contributed by atoms with van der Waals surface area (Å²) >= 11 is 0. The number of hydrogen-bond acceptors (Lipinski definition) is 5. The first-order chi connectivity index (χ1) is 9.79. The maximum atomic E-state index is 12.1. The van der Waals surface area contributed by atoms with Crippen LogP contribution in [0.1, 0.15) is 21.9 Å². The first-order valence-corrected chi connectivity index (χ1v) is 7.39. The van der Waals surface area contributed by atoms with E-state index in [9.17, 15) is 18.3 Å². The maximum absolute atomic E-state index is 12.1. The molecule has 0 spiro atoms. The Kier molecular flexibility index (Phi) is 4.01. The molecule has 1 heterocycles. The van der Waals surface area contributed by atoms with Gasteiger partial charge >= 0.3 is 5.97 Å². The number of nitrogens with one attached hydrogen (secondary N) is 1. The maximum Gasteiger partial charge on any atom is 0.339 e. The molecule has 21 heavy (non-hydrogen) atoms. The van der Waals surface area contributed by atoms with Crippen LogP contribution in [-0.4, -0.2) is 24.6 Å². The minimum Gasteiger partial charge on any atom is -0.507 e. The summed E-state index contributed by atoms with van der Waals surface area (Å²) in [5.74, 6) is -0.815. The quantitative estimate of drug-likeness (QED) is 0.770. The highest BCUT2D eigenvalue weighted by atomic mass is 32.2. The number of aryl methyl sites for hydroxylation is 1. The molecule has 0 atom stereocenters. The van der Waals surface area contributed by atoms with E-state index in [2.05, 4.69) is 4.72 Å². The van der Waals surface area contributed by atoms with Crippen LogP contribution in [0.3, 0.4) is 0 Å². The van der Waals surface area contributed by atoms with Gasteiger partial charge in [0.25, 0.3) is 0 Å². The lowest BCUT2D eigenvalue weighted by molar-refractivity contribution is 0.0693. The van der Waals surface area contributed by atoms with E-state index in [-0.39, 0.29) is 11.4 Å². The Labute approximate surface area is 120 Å². The molecule has 3 N–H and O–H groups in total. The Morgan fingerprint density at radius 1 is 1.29 bits per heavy atom. The summed E-state index contributed by atoms with van der Waals surface area (Å²) in [6.45, 7) is 1.68. The molecule has 0 aliphatic rings. The van der Waals surface area contributed by atoms with E-state index in [0.29, 0.717) is 11.5 Å². The summed E-state index contributed by atoms with van der Waals surface area (Å²) in [5, 5.41) is 18.2. The number of furan rings is 1. The molecule has 8 heteroatoms. The van der Waals surface area contributed by atoms with Crippen LogP contribution in [0.4, 0.5) is 0 Å². The van der Waals surface area contributed by atoms with Crippen molar-refractivity contribution in [2.75, 3.05) is 0 Å². The fourth-order valence-electron chi connectivity index (χ4n) is 1.68. The number of carboxylic acid groups (broad SMARTS) is 1. The van der Waals surface area contributed by atoms with Gasteiger partial charge in [-0.05, 0) is 37.3 Å². The standard InChI is InChI=1S/C13H13NO6S/c1-8-2-3-9(20-8)7-14-21(18,19)10-4-5-12(15)11(6-10)13(16)17/h2-6,14-15H,7H2,1H3,(H,16,17). The lowest BCUT2D eigenvalue weighted by atomic mass is 10.2. The molecule has 1 aromatic carbocycles. The van der Waals surface area contributed by atoms with Gasteiger partial charge in [0.05, 0.1) is 11.4 Å². The van der Waals surface area contributed by atoms with Gasteiger partial charge in [0, 0.05) is 0 Å². The Balaban J connectivity index is 2.23. The highest BCUT2D eigenvalue weighted by Gasteiger charge is 2.19. The molecule has 0 radical (unpaired) electrons. The van der Waals surface area contributed by atoms with Crippen LogP contribution in [0.15, 0.2) is 39.6 Å². The van der Waals surface area contributed by atoms with Crippen molar-refractivity contribution < 1.29 is 27.8 Å². The van der Waals surface area contributed by atoms with Crippen molar-refractivity contribution in [1.82, 2.24) is 4.72 Å². The lowest BCUT2D eigenvalue weighted by Crippen LogP contribution is -2.23. The minimum absolute atomic E-state index is 0.0561. The molecule has 112 valence electrons. The molecule has 1 aromatic heterocycles. The molecule has 2 rings (SSSR count). The molecule has 2 aromatic rings. The van der Waals surface area contributed by atoms with E-state index in [4.69, 9.17) is 9.52 Å². The SMILES string of the molecule is Cc1ccc(CNS(=O)(=O)c2ccc(O)c(C(=O)O)c2)o1. The molecule has 0 saturated heterocycles. The number of carbonyl (C=O) groups is 1. The fraction of sp³-hybridized carbons (Fsp3) is 0.154. The predicted molar refractivity (Wildman–Crippen MR) is 72.5 cm³/mol. The first kappa shape index (κ1) is 15.1. The Morgan fingerprint density at radius 2 is 2.00 bits per heavy atom. The Morgan fingerprint density at radius 3 is 2.57 bits per heavy atom. The van der Waals surface area contributed by atoms with Crippen molar-refractivity contribution in [1.29, 1.82) is 0 Å². The van der Waals surface area contributed by atoms with Gasteiger partial charge in [-0.25, -0.2) is 17.9 Å². The predicted octanol–water partition coefficient (Wildman–Crippen LogP) is 1.47. The van der Waals surface area contributed by atoms with Crippen molar-refractivity contribution in [3.05, 3.63) is 47.4 Å². The second kappa shape index (κ2) is 5.58. The summed E-state index contributed by atoms with van der Waals surface area (Å²) in [6, 6.07) is 6.38. The molecule has 0 unspecified atom stereocenters. The topological polar surface area (TPSA) is 117 Å². The number of aromatic carboxylic acids is 1. The van der Waals surface area contributed by atoms with E-state index in [1.165, 1.54) is 0 Å². The Bertz CT molecular complexity index is 778. The van der Waals surface area contributed by atoms with Gasteiger partial charge in [-0.15, -0.1) is 0 Å². The van der Waals surface area contributed by atoms with Gasteiger partial charge in [-0.1, -0.05) is 0 Å². The molecule has 0 fully saturated rings. The van der Waals surface area contributed by atoms with Gasteiger partial charge in [-0.3, -0.25) is 0 Å². The number of carboxylic acids is 1. The molecule has 0 saturated carbocycles. The van der Waals surface area contributed by atoms with E-state index in [1.54, 1.807) is 19.1 Å². The van der Waals surface area contributed by atoms with Gasteiger partial charge in [0.15, 0.2) is 0 Å². The van der Waals surface area contributed by atoms with Crippen molar-refractivity contribution in [2.24, 2.45) is 0 Å². The largest absolute Gasteiger partial charge is 0.507 e. The van der Waals surface area contributed by atoms with Gasteiger partial charge in [0.1, 0.15) is 22.8 Å². The van der Waals surface area contributed by atoms with E-state index < -0.39 is 27.3 Å². The summed E-state index contributed by atoms with van der Waals surface area (Å²) in [5.41, 5.74) is -0.480. The van der Waals surface area contributed by atoms with Gasteiger partial charge in [-0.2, -0.15) is 0 Å². The minimum atomic E-state index is -3.91. The number of benzene rings is 1. The summed E-state index contributed by atoms with van der Waals surface area (Å²) in [4.78, 5) is 10.6. The number of aromatic hydroxyl groups is 1. The van der Waals surface area contributed by atoms with Crippen molar-refractivity contribution in [2.45, 2.75) is 18.4 Å². The zero-order valence-electron chi connectivity index (χ0n) is 11.0. The molecule has 0 aliphatic carbocycles. The van der Waals surface area contributed by atoms with E-state index in [0.717, 1.165) is 18.2 Å². The van der Waals surface area contributed by atoms with Crippen LogP contribution in [0, 0.1) is 6.92 Å². The number of rotatable bonds is 5. The third kappa shape index (κ3) is 3.41. The van der Waals surface area contributed by atoms with Crippen LogP contribution >= 0.6 is 0 Å². The monoisotopic (exact) mass is 311 g/mol. The molecule has 0 amide bonds. The lowest BCUT2D eigenvalue weighted by Gasteiger charge is -2.07.